The monoisotopic (exact) mass is 162 g/mol. The van der Waals surface area contributed by atoms with Gasteiger partial charge in [0.1, 0.15) is 0 Å². The zero-order valence-corrected chi connectivity index (χ0v) is 7.54. The van der Waals surface area contributed by atoms with Gasteiger partial charge in [0, 0.05) is 12.7 Å². The molecule has 0 atom stereocenters. The molecule has 0 spiro atoms. The average Bonchev–Trinajstić information content (AvgIpc) is 2.49. The van der Waals surface area contributed by atoms with Crippen LogP contribution in [-0.2, 0) is 0 Å². The Bertz CT molecular complexity index is 272. The number of fused-ring (bicyclic) bond motifs is 1. The second kappa shape index (κ2) is 2.79. The fourth-order valence-corrected chi connectivity index (χ4v) is 1.44. The molecular formula is C10H14N2. The zero-order valence-electron chi connectivity index (χ0n) is 7.54. The van der Waals surface area contributed by atoms with Crippen molar-refractivity contribution < 1.29 is 0 Å². The van der Waals surface area contributed by atoms with E-state index in [0.29, 0.717) is 5.92 Å². The standard InChI is InChI=1S/C10H14N2/c1-8(2)9-4-6-12-10(7-9)3-5-11-12/h3-4,6-8,11H,5H2,1-2H3. The molecule has 2 aliphatic heterocycles. The summed E-state index contributed by atoms with van der Waals surface area (Å²) in [6.45, 7) is 5.38. The molecule has 1 N–H and O–H groups in total. The van der Waals surface area contributed by atoms with E-state index in [1.807, 2.05) is 0 Å². The van der Waals surface area contributed by atoms with Crippen LogP contribution in [0.25, 0.3) is 0 Å². The van der Waals surface area contributed by atoms with Crippen molar-refractivity contribution >= 4 is 0 Å². The molecule has 0 unspecified atom stereocenters. The Hall–Kier alpha value is -1.02. The first kappa shape index (κ1) is 7.62. The van der Waals surface area contributed by atoms with Gasteiger partial charge in [-0.05, 0) is 29.7 Å². The van der Waals surface area contributed by atoms with Crippen molar-refractivity contribution in [2.75, 3.05) is 6.54 Å². The third-order valence-electron chi connectivity index (χ3n) is 2.25. The van der Waals surface area contributed by atoms with E-state index in [1.165, 1.54) is 11.3 Å². The molecule has 2 heteroatoms. The lowest BCUT2D eigenvalue weighted by molar-refractivity contribution is 0.393. The molecule has 0 radical (unpaired) electrons. The van der Waals surface area contributed by atoms with Crippen LogP contribution in [0, 0.1) is 5.92 Å². The van der Waals surface area contributed by atoms with Crippen LogP contribution in [0.4, 0.5) is 0 Å². The Kier molecular flexibility index (Phi) is 1.77. The Morgan fingerprint density at radius 1 is 1.50 bits per heavy atom. The minimum atomic E-state index is 0.616. The predicted molar refractivity (Wildman–Crippen MR) is 50.0 cm³/mol. The minimum absolute atomic E-state index is 0.616. The van der Waals surface area contributed by atoms with Crippen LogP contribution in [0.2, 0.25) is 0 Å². The van der Waals surface area contributed by atoms with Gasteiger partial charge < -0.3 is 0 Å². The largest absolute Gasteiger partial charge is 0.284 e. The van der Waals surface area contributed by atoms with E-state index in [4.69, 9.17) is 0 Å². The summed E-state index contributed by atoms with van der Waals surface area (Å²) in [5.74, 6) is 0.616. The van der Waals surface area contributed by atoms with Crippen LogP contribution < -0.4 is 5.43 Å². The number of nitrogens with one attached hydrogen (secondary N) is 1. The fraction of sp³-hybridized carbons (Fsp3) is 0.400. The molecule has 0 aromatic heterocycles. The van der Waals surface area contributed by atoms with E-state index in [-0.39, 0.29) is 0 Å². The van der Waals surface area contributed by atoms with Crippen molar-refractivity contribution in [2.24, 2.45) is 5.92 Å². The molecule has 0 aromatic carbocycles. The van der Waals surface area contributed by atoms with Crippen LogP contribution in [-0.4, -0.2) is 11.6 Å². The van der Waals surface area contributed by atoms with Crippen LogP contribution in [0.3, 0.4) is 0 Å². The fourth-order valence-electron chi connectivity index (χ4n) is 1.44. The summed E-state index contributed by atoms with van der Waals surface area (Å²) >= 11 is 0. The predicted octanol–water partition coefficient (Wildman–Crippen LogP) is 1.80. The van der Waals surface area contributed by atoms with E-state index >= 15 is 0 Å². The lowest BCUT2D eigenvalue weighted by atomic mass is 10.0. The Balaban J connectivity index is 2.25. The summed E-state index contributed by atoms with van der Waals surface area (Å²) in [5.41, 5.74) is 5.91. The lowest BCUT2D eigenvalue weighted by Gasteiger charge is -2.21. The maximum Gasteiger partial charge on any atom is 0.0547 e. The highest BCUT2D eigenvalue weighted by Crippen LogP contribution is 2.22. The molecule has 64 valence electrons. The Morgan fingerprint density at radius 2 is 2.33 bits per heavy atom. The summed E-state index contributed by atoms with van der Waals surface area (Å²) in [5, 5.41) is 2.06. The summed E-state index contributed by atoms with van der Waals surface area (Å²) in [6, 6.07) is 0. The van der Waals surface area contributed by atoms with Gasteiger partial charge in [0.2, 0.25) is 0 Å². The van der Waals surface area contributed by atoms with Gasteiger partial charge in [0.25, 0.3) is 0 Å². The van der Waals surface area contributed by atoms with Crippen LogP contribution >= 0.6 is 0 Å². The summed E-state index contributed by atoms with van der Waals surface area (Å²) < 4.78 is 0. The van der Waals surface area contributed by atoms with Gasteiger partial charge in [-0.3, -0.25) is 5.01 Å². The van der Waals surface area contributed by atoms with Crippen molar-refractivity contribution in [3.05, 3.63) is 35.7 Å². The maximum atomic E-state index is 3.23. The smallest absolute Gasteiger partial charge is 0.0547 e. The van der Waals surface area contributed by atoms with Gasteiger partial charge in [-0.2, -0.15) is 0 Å². The Morgan fingerprint density at radius 3 is 3.08 bits per heavy atom. The molecule has 0 saturated carbocycles. The van der Waals surface area contributed by atoms with E-state index in [1.54, 1.807) is 0 Å². The van der Waals surface area contributed by atoms with Crippen LogP contribution in [0.5, 0.6) is 0 Å². The highest BCUT2D eigenvalue weighted by molar-refractivity contribution is 5.37. The number of nitrogens with zero attached hydrogens (tertiary/aromatic N) is 1. The SMILES string of the molecule is CC(C)C1=CC2=CCNN2C=C1. The zero-order chi connectivity index (χ0) is 8.55. The number of hydrogen-bond donors (Lipinski definition) is 1. The van der Waals surface area contributed by atoms with Gasteiger partial charge in [0.05, 0.1) is 5.70 Å². The van der Waals surface area contributed by atoms with E-state index in [9.17, 15) is 0 Å². The van der Waals surface area contributed by atoms with Crippen LogP contribution in [0.15, 0.2) is 35.7 Å². The summed E-state index contributed by atoms with van der Waals surface area (Å²) in [4.78, 5) is 0. The molecule has 2 aliphatic rings. The minimum Gasteiger partial charge on any atom is -0.284 e. The molecular weight excluding hydrogens is 148 g/mol. The third-order valence-corrected chi connectivity index (χ3v) is 2.25. The van der Waals surface area contributed by atoms with Gasteiger partial charge in [-0.25, -0.2) is 5.43 Å². The molecule has 0 saturated heterocycles. The highest BCUT2D eigenvalue weighted by Gasteiger charge is 2.14. The number of hydrazine groups is 1. The third kappa shape index (κ3) is 1.18. The number of hydrogen-bond acceptors (Lipinski definition) is 2. The summed E-state index contributed by atoms with van der Waals surface area (Å²) in [7, 11) is 0. The first-order chi connectivity index (χ1) is 5.77. The second-order valence-electron chi connectivity index (χ2n) is 3.48. The van der Waals surface area contributed by atoms with E-state index in [0.717, 1.165) is 6.54 Å². The first-order valence-electron chi connectivity index (χ1n) is 4.40. The van der Waals surface area contributed by atoms with E-state index < -0.39 is 0 Å². The van der Waals surface area contributed by atoms with Crippen LogP contribution in [0.1, 0.15) is 13.8 Å². The normalized spacial score (nSPS) is 21.1. The molecule has 12 heavy (non-hydrogen) atoms. The molecule has 2 nitrogen and oxygen atoms in total. The first-order valence-corrected chi connectivity index (χ1v) is 4.40. The van der Waals surface area contributed by atoms with Crippen molar-refractivity contribution in [3.63, 3.8) is 0 Å². The summed E-state index contributed by atoms with van der Waals surface area (Å²) in [6.07, 6.45) is 8.70. The van der Waals surface area contributed by atoms with Gasteiger partial charge >= 0.3 is 0 Å². The molecule has 2 rings (SSSR count). The van der Waals surface area contributed by atoms with Gasteiger partial charge in [-0.1, -0.05) is 13.8 Å². The van der Waals surface area contributed by atoms with Crippen molar-refractivity contribution in [2.45, 2.75) is 13.8 Å². The quantitative estimate of drug-likeness (QED) is 0.632. The highest BCUT2D eigenvalue weighted by atomic mass is 15.5. The lowest BCUT2D eigenvalue weighted by Crippen LogP contribution is -2.27. The molecule has 0 amide bonds. The molecule has 0 aromatic rings. The van der Waals surface area contributed by atoms with Gasteiger partial charge in [0.15, 0.2) is 0 Å². The van der Waals surface area contributed by atoms with Crippen molar-refractivity contribution in [1.82, 2.24) is 10.4 Å². The molecule has 2 heterocycles. The van der Waals surface area contributed by atoms with Crippen molar-refractivity contribution in [1.29, 1.82) is 0 Å². The van der Waals surface area contributed by atoms with Gasteiger partial charge in [-0.15, -0.1) is 0 Å². The topological polar surface area (TPSA) is 15.3 Å². The molecule has 0 bridgehead atoms. The molecule has 0 fully saturated rings. The average molecular weight is 162 g/mol. The van der Waals surface area contributed by atoms with E-state index in [2.05, 4.69) is 48.7 Å². The number of rotatable bonds is 1. The molecule has 0 aliphatic carbocycles. The second-order valence-corrected chi connectivity index (χ2v) is 3.48. The number of allylic oxidation sites excluding steroid dienone is 3. The maximum absolute atomic E-state index is 3.23. The van der Waals surface area contributed by atoms with Crippen molar-refractivity contribution in [3.8, 4) is 0 Å². The Labute approximate surface area is 73.2 Å².